The molecule has 78 valence electrons. The number of nitrogens with two attached hydrogens (primary N) is 1. The van der Waals surface area contributed by atoms with E-state index in [4.69, 9.17) is 20.8 Å². The third-order valence-corrected chi connectivity index (χ3v) is 2.20. The molecule has 13 heavy (non-hydrogen) atoms. The quantitative estimate of drug-likeness (QED) is 0.201. The number of aliphatic hydroxyl groups is 4. The van der Waals surface area contributed by atoms with Gasteiger partial charge >= 0.3 is 0 Å². The van der Waals surface area contributed by atoms with E-state index in [1.165, 1.54) is 0 Å². The van der Waals surface area contributed by atoms with Crippen molar-refractivity contribution in [1.29, 1.82) is 0 Å². The van der Waals surface area contributed by atoms with Crippen molar-refractivity contribution in [2.75, 3.05) is 13.2 Å². The number of rotatable bonds is 3. The number of hydrogen-bond acceptors (Lipinski definition) is 7. The van der Waals surface area contributed by atoms with Gasteiger partial charge in [0.1, 0.15) is 18.3 Å². The predicted octanol–water partition coefficient (Wildman–Crippen LogP) is -3.75. The molecule has 0 spiro atoms. The van der Waals surface area contributed by atoms with Crippen LogP contribution in [0.25, 0.3) is 0 Å². The van der Waals surface area contributed by atoms with E-state index in [0.717, 1.165) is 0 Å². The molecule has 1 aliphatic rings. The minimum absolute atomic E-state index is 0.457. The number of aliphatic hydroxyl groups excluding tert-OH is 4. The van der Waals surface area contributed by atoms with Gasteiger partial charge in [0, 0.05) is 0 Å². The minimum atomic E-state index is -1.59. The van der Waals surface area contributed by atoms with Crippen molar-refractivity contribution in [1.82, 2.24) is 5.43 Å². The van der Waals surface area contributed by atoms with Crippen molar-refractivity contribution in [3.05, 3.63) is 0 Å². The van der Waals surface area contributed by atoms with Crippen LogP contribution in [-0.4, -0.2) is 57.7 Å². The molecule has 0 radical (unpaired) electrons. The van der Waals surface area contributed by atoms with Crippen LogP contribution in [0.1, 0.15) is 0 Å². The van der Waals surface area contributed by atoms with Crippen LogP contribution in [0.15, 0.2) is 0 Å². The van der Waals surface area contributed by atoms with Crippen LogP contribution >= 0.6 is 0 Å². The van der Waals surface area contributed by atoms with E-state index >= 15 is 0 Å². The lowest BCUT2D eigenvalue weighted by atomic mass is 10.0. The lowest BCUT2D eigenvalue weighted by Gasteiger charge is -2.28. The Balaban J connectivity index is 2.79. The zero-order valence-electron chi connectivity index (χ0n) is 6.92. The maximum atomic E-state index is 9.42. The van der Waals surface area contributed by atoms with Gasteiger partial charge in [-0.3, -0.25) is 5.84 Å². The second kappa shape index (κ2) is 3.84. The highest BCUT2D eigenvalue weighted by atomic mass is 16.6. The van der Waals surface area contributed by atoms with E-state index in [0.29, 0.717) is 0 Å². The maximum absolute atomic E-state index is 9.42. The molecule has 1 aliphatic heterocycles. The molecular weight excluding hydrogens is 180 g/mol. The van der Waals surface area contributed by atoms with Crippen LogP contribution in [0, 0.1) is 0 Å². The molecular formula is C6H14N2O5. The molecule has 7 nitrogen and oxygen atoms in total. The van der Waals surface area contributed by atoms with Crippen molar-refractivity contribution < 1.29 is 25.2 Å². The van der Waals surface area contributed by atoms with Crippen LogP contribution in [0.2, 0.25) is 0 Å². The fraction of sp³-hybridized carbons (Fsp3) is 1.00. The van der Waals surface area contributed by atoms with Crippen LogP contribution in [0.4, 0.5) is 0 Å². The Morgan fingerprint density at radius 1 is 1.38 bits per heavy atom. The standard InChI is InChI=1S/C6H14N2O5/c7-8-6(2-10)5(12)4(11)3(1-9)13-6/h3-5,8-12H,1-2,7H2/t3-,4-,5+,6?/m1/s1. The van der Waals surface area contributed by atoms with Crippen LogP contribution in [0.3, 0.4) is 0 Å². The monoisotopic (exact) mass is 194 g/mol. The summed E-state index contributed by atoms with van der Waals surface area (Å²) < 4.78 is 4.98. The number of nitrogens with one attached hydrogen (secondary N) is 1. The molecule has 7 heteroatoms. The lowest BCUT2D eigenvalue weighted by Crippen LogP contribution is -2.60. The van der Waals surface area contributed by atoms with E-state index in [1.807, 2.05) is 0 Å². The molecule has 0 aromatic carbocycles. The molecule has 1 rings (SSSR count). The summed E-state index contributed by atoms with van der Waals surface area (Å²) in [5, 5.41) is 36.4. The van der Waals surface area contributed by atoms with Crippen molar-refractivity contribution in [3.63, 3.8) is 0 Å². The first-order chi connectivity index (χ1) is 6.11. The van der Waals surface area contributed by atoms with Gasteiger partial charge in [-0.1, -0.05) is 0 Å². The van der Waals surface area contributed by atoms with Crippen molar-refractivity contribution >= 4 is 0 Å². The second-order valence-corrected chi connectivity index (χ2v) is 2.97. The smallest absolute Gasteiger partial charge is 0.183 e. The summed E-state index contributed by atoms with van der Waals surface area (Å²) in [7, 11) is 0. The molecule has 7 N–H and O–H groups in total. The molecule has 1 fully saturated rings. The zero-order chi connectivity index (χ0) is 10.1. The highest BCUT2D eigenvalue weighted by molar-refractivity contribution is 4.99. The third kappa shape index (κ3) is 1.55. The summed E-state index contributed by atoms with van der Waals surface area (Å²) in [6.07, 6.45) is -3.59. The van der Waals surface area contributed by atoms with E-state index in [2.05, 4.69) is 5.43 Å². The molecule has 1 heterocycles. The summed E-state index contributed by atoms with van der Waals surface area (Å²) in [6, 6.07) is 0. The Bertz CT molecular complexity index is 174. The summed E-state index contributed by atoms with van der Waals surface area (Å²) in [6.45, 7) is -1.06. The highest BCUT2D eigenvalue weighted by Crippen LogP contribution is 2.27. The maximum Gasteiger partial charge on any atom is 0.183 e. The van der Waals surface area contributed by atoms with Crippen molar-refractivity contribution in [2.45, 2.75) is 24.0 Å². The summed E-state index contributed by atoms with van der Waals surface area (Å²) in [5.41, 5.74) is 0.488. The number of hydrogen-bond donors (Lipinski definition) is 6. The molecule has 0 amide bonds. The first-order valence-electron chi connectivity index (χ1n) is 3.84. The van der Waals surface area contributed by atoms with E-state index in [1.54, 1.807) is 0 Å². The minimum Gasteiger partial charge on any atom is -0.394 e. The van der Waals surface area contributed by atoms with Gasteiger partial charge in [0.15, 0.2) is 5.72 Å². The summed E-state index contributed by atoms with van der Waals surface area (Å²) in [4.78, 5) is 0. The van der Waals surface area contributed by atoms with Crippen LogP contribution in [-0.2, 0) is 4.74 Å². The molecule has 0 bridgehead atoms. The topological polar surface area (TPSA) is 128 Å². The predicted molar refractivity (Wildman–Crippen MR) is 41.1 cm³/mol. The number of ether oxygens (including phenoxy) is 1. The average Bonchev–Trinajstić information content (AvgIpc) is 2.42. The third-order valence-electron chi connectivity index (χ3n) is 2.20. The second-order valence-electron chi connectivity index (χ2n) is 2.97. The van der Waals surface area contributed by atoms with Gasteiger partial charge in [-0.15, -0.1) is 0 Å². The molecule has 4 atom stereocenters. The Hall–Kier alpha value is -0.280. The summed E-state index contributed by atoms with van der Waals surface area (Å²) in [5.74, 6) is 5.06. The van der Waals surface area contributed by atoms with Gasteiger partial charge in [0.2, 0.25) is 0 Å². The van der Waals surface area contributed by atoms with Gasteiger partial charge in [-0.05, 0) is 0 Å². The van der Waals surface area contributed by atoms with Crippen LogP contribution < -0.4 is 11.3 Å². The molecule has 0 aliphatic carbocycles. The van der Waals surface area contributed by atoms with Crippen molar-refractivity contribution in [3.8, 4) is 0 Å². The molecule has 0 aromatic rings. The fourth-order valence-electron chi connectivity index (χ4n) is 1.33. The van der Waals surface area contributed by atoms with Gasteiger partial charge < -0.3 is 25.2 Å². The Morgan fingerprint density at radius 3 is 2.23 bits per heavy atom. The van der Waals surface area contributed by atoms with Gasteiger partial charge in [0.05, 0.1) is 13.2 Å². The van der Waals surface area contributed by atoms with E-state index < -0.39 is 37.3 Å². The zero-order valence-corrected chi connectivity index (χ0v) is 6.92. The molecule has 1 unspecified atom stereocenters. The van der Waals surface area contributed by atoms with Gasteiger partial charge in [-0.2, -0.15) is 0 Å². The normalized spacial score (nSPS) is 45.5. The Labute approximate surface area is 74.7 Å². The van der Waals surface area contributed by atoms with Crippen LogP contribution in [0.5, 0.6) is 0 Å². The summed E-state index contributed by atoms with van der Waals surface area (Å²) >= 11 is 0. The number of hydrazine groups is 1. The highest BCUT2D eigenvalue weighted by Gasteiger charge is 2.53. The van der Waals surface area contributed by atoms with Crippen molar-refractivity contribution in [2.24, 2.45) is 5.84 Å². The SMILES string of the molecule is NNC1(CO)O[C@H](CO)[C@@H](O)[C@@H]1O. The molecule has 1 saturated heterocycles. The molecule has 0 aromatic heterocycles. The average molecular weight is 194 g/mol. The fourth-order valence-corrected chi connectivity index (χ4v) is 1.33. The first kappa shape index (κ1) is 10.8. The lowest BCUT2D eigenvalue weighted by molar-refractivity contribution is -0.138. The Kier molecular flexibility index (Phi) is 3.19. The van der Waals surface area contributed by atoms with E-state index in [9.17, 15) is 10.2 Å². The Morgan fingerprint density at radius 2 is 2.00 bits per heavy atom. The van der Waals surface area contributed by atoms with Gasteiger partial charge in [0.25, 0.3) is 0 Å². The molecule has 0 saturated carbocycles. The van der Waals surface area contributed by atoms with Gasteiger partial charge in [-0.25, -0.2) is 5.43 Å². The van der Waals surface area contributed by atoms with E-state index in [-0.39, 0.29) is 0 Å². The largest absolute Gasteiger partial charge is 0.394 e. The first-order valence-corrected chi connectivity index (χ1v) is 3.84.